The highest BCUT2D eigenvalue weighted by atomic mass is 16.4. The van der Waals surface area contributed by atoms with Gasteiger partial charge >= 0.3 is 5.97 Å². The van der Waals surface area contributed by atoms with E-state index in [0.29, 0.717) is 18.9 Å². The van der Waals surface area contributed by atoms with Gasteiger partial charge < -0.3 is 24.4 Å². The Morgan fingerprint density at radius 2 is 2.15 bits per heavy atom. The van der Waals surface area contributed by atoms with Crippen molar-refractivity contribution in [2.24, 2.45) is 0 Å². The average Bonchev–Trinajstić information content (AvgIpc) is 2.78. The van der Waals surface area contributed by atoms with Crippen LogP contribution in [-0.2, 0) is 0 Å². The van der Waals surface area contributed by atoms with E-state index in [1.165, 1.54) is 0 Å². The van der Waals surface area contributed by atoms with Gasteiger partial charge in [-0.25, -0.2) is 4.79 Å². The molecule has 1 aliphatic rings. The van der Waals surface area contributed by atoms with E-state index in [0.717, 1.165) is 12.1 Å². The summed E-state index contributed by atoms with van der Waals surface area (Å²) in [6.07, 6.45) is 1.12. The summed E-state index contributed by atoms with van der Waals surface area (Å²) in [5.74, 6) is -0.427. The molecule has 0 amide bonds. The zero-order valence-corrected chi connectivity index (χ0v) is 11.2. The lowest BCUT2D eigenvalue weighted by Crippen LogP contribution is -2.52. The van der Waals surface area contributed by atoms with Crippen molar-refractivity contribution in [1.29, 1.82) is 0 Å². The fraction of sp³-hybridized carbons (Fsp3) is 0.357. The Morgan fingerprint density at radius 3 is 2.85 bits per heavy atom. The van der Waals surface area contributed by atoms with Crippen LogP contribution in [0, 0.1) is 0 Å². The van der Waals surface area contributed by atoms with Gasteiger partial charge in [0.05, 0.1) is 0 Å². The number of carboxylic acid groups (broad SMARTS) is 1. The lowest BCUT2D eigenvalue weighted by molar-refractivity contribution is 0.0694. The van der Waals surface area contributed by atoms with Gasteiger partial charge in [-0.3, -0.25) is 0 Å². The molecule has 6 heteroatoms. The number of aliphatic hydroxyl groups excluding tert-OH is 1. The molecule has 0 aliphatic carbocycles. The van der Waals surface area contributed by atoms with Crippen LogP contribution in [0.3, 0.4) is 0 Å². The molecule has 1 fully saturated rings. The number of aliphatic hydroxyl groups is 1. The summed E-state index contributed by atoms with van der Waals surface area (Å²) in [6, 6.07) is 7.22. The SMILES string of the molecule is CN1CCN(c2c(C(=O)O)cc3ccccn23)C(O)C1. The molecule has 6 nitrogen and oxygen atoms in total. The van der Waals surface area contributed by atoms with Gasteiger partial charge in [0.25, 0.3) is 0 Å². The summed E-state index contributed by atoms with van der Waals surface area (Å²) in [5.41, 5.74) is 1.03. The van der Waals surface area contributed by atoms with Crippen molar-refractivity contribution in [3.63, 3.8) is 0 Å². The maximum absolute atomic E-state index is 11.5. The van der Waals surface area contributed by atoms with Gasteiger partial charge in [0.15, 0.2) is 0 Å². The molecule has 0 bridgehead atoms. The molecule has 0 aromatic carbocycles. The topological polar surface area (TPSA) is 68.4 Å². The Labute approximate surface area is 116 Å². The molecule has 3 rings (SSSR count). The maximum atomic E-state index is 11.5. The molecular weight excluding hydrogens is 258 g/mol. The Bertz CT molecular complexity index is 652. The molecule has 1 unspecified atom stereocenters. The lowest BCUT2D eigenvalue weighted by atomic mass is 10.2. The standard InChI is InChI=1S/C14H17N3O3/c1-15-6-7-17(12(18)9-15)13-11(14(19)20)8-10-4-2-3-5-16(10)13/h2-5,8,12,18H,6-7,9H2,1H3,(H,19,20). The molecule has 1 aliphatic heterocycles. The minimum Gasteiger partial charge on any atom is -0.478 e. The Hall–Kier alpha value is -2.05. The maximum Gasteiger partial charge on any atom is 0.339 e. The van der Waals surface area contributed by atoms with Crippen LogP contribution in [0.4, 0.5) is 5.82 Å². The zero-order chi connectivity index (χ0) is 14.3. The molecule has 106 valence electrons. The third-order valence-corrected chi connectivity index (χ3v) is 3.71. The molecule has 0 radical (unpaired) electrons. The van der Waals surface area contributed by atoms with Crippen LogP contribution in [0.15, 0.2) is 30.5 Å². The average molecular weight is 275 g/mol. The number of hydrogen-bond donors (Lipinski definition) is 2. The van der Waals surface area contributed by atoms with Gasteiger partial charge in [-0.15, -0.1) is 0 Å². The van der Waals surface area contributed by atoms with Gasteiger partial charge in [-0.2, -0.15) is 0 Å². The number of anilines is 1. The van der Waals surface area contributed by atoms with E-state index in [-0.39, 0.29) is 5.56 Å². The number of β-amino-alcohol motifs (C(OH)–C–C–N with tert-alkyl or cyclic N) is 1. The Kier molecular flexibility index (Phi) is 3.11. The summed E-state index contributed by atoms with van der Waals surface area (Å²) in [7, 11) is 1.94. The van der Waals surface area contributed by atoms with Crippen LogP contribution in [0.5, 0.6) is 0 Å². The number of carbonyl (C=O) groups is 1. The zero-order valence-electron chi connectivity index (χ0n) is 11.2. The largest absolute Gasteiger partial charge is 0.478 e. The summed E-state index contributed by atoms with van der Waals surface area (Å²) >= 11 is 0. The second kappa shape index (κ2) is 4.81. The third kappa shape index (κ3) is 2.03. The molecule has 20 heavy (non-hydrogen) atoms. The molecule has 3 heterocycles. The number of aromatic nitrogens is 1. The lowest BCUT2D eigenvalue weighted by Gasteiger charge is -2.38. The first-order valence-electron chi connectivity index (χ1n) is 6.54. The molecule has 2 aromatic heterocycles. The van der Waals surface area contributed by atoms with E-state index in [1.54, 1.807) is 11.0 Å². The van der Waals surface area contributed by atoms with Crippen molar-refractivity contribution in [3.8, 4) is 0 Å². The van der Waals surface area contributed by atoms with Crippen LogP contribution in [-0.4, -0.2) is 58.4 Å². The van der Waals surface area contributed by atoms with Crippen LogP contribution in [0.1, 0.15) is 10.4 Å². The van der Waals surface area contributed by atoms with Gasteiger partial charge in [0, 0.05) is 31.3 Å². The fourth-order valence-corrected chi connectivity index (χ4v) is 2.70. The summed E-state index contributed by atoms with van der Waals surface area (Å²) in [4.78, 5) is 15.3. The highest BCUT2D eigenvalue weighted by Gasteiger charge is 2.29. The number of piperazine rings is 1. The van der Waals surface area contributed by atoms with Crippen molar-refractivity contribution in [1.82, 2.24) is 9.30 Å². The van der Waals surface area contributed by atoms with Crippen molar-refractivity contribution < 1.29 is 15.0 Å². The third-order valence-electron chi connectivity index (χ3n) is 3.71. The second-order valence-corrected chi connectivity index (χ2v) is 5.12. The van der Waals surface area contributed by atoms with E-state index in [4.69, 9.17) is 0 Å². The number of carboxylic acids is 1. The van der Waals surface area contributed by atoms with Crippen molar-refractivity contribution in [2.75, 3.05) is 31.6 Å². The van der Waals surface area contributed by atoms with E-state index in [2.05, 4.69) is 0 Å². The highest BCUT2D eigenvalue weighted by Crippen LogP contribution is 2.28. The van der Waals surface area contributed by atoms with Gasteiger partial charge in [-0.1, -0.05) is 6.07 Å². The molecule has 1 atom stereocenters. The first kappa shape index (κ1) is 13.0. The quantitative estimate of drug-likeness (QED) is 0.845. The van der Waals surface area contributed by atoms with Crippen molar-refractivity contribution in [2.45, 2.75) is 6.23 Å². The van der Waals surface area contributed by atoms with Crippen LogP contribution in [0.25, 0.3) is 5.52 Å². The highest BCUT2D eigenvalue weighted by molar-refractivity contribution is 5.96. The number of rotatable bonds is 2. The number of likely N-dealkylation sites (N-methyl/N-ethyl adjacent to an activating group) is 1. The van der Waals surface area contributed by atoms with Crippen LogP contribution < -0.4 is 4.90 Å². The monoisotopic (exact) mass is 275 g/mol. The number of aromatic carboxylic acids is 1. The first-order chi connectivity index (χ1) is 9.58. The van der Waals surface area contributed by atoms with E-state index >= 15 is 0 Å². The van der Waals surface area contributed by atoms with Crippen LogP contribution >= 0.6 is 0 Å². The Morgan fingerprint density at radius 1 is 1.35 bits per heavy atom. The van der Waals surface area contributed by atoms with Crippen LogP contribution in [0.2, 0.25) is 0 Å². The predicted octanol–water partition coefficient (Wildman–Crippen LogP) is 0.708. The summed E-state index contributed by atoms with van der Waals surface area (Å²) in [5, 5.41) is 19.7. The fourth-order valence-electron chi connectivity index (χ4n) is 2.70. The Balaban J connectivity index is 2.13. The van der Waals surface area contributed by atoms with Gasteiger partial charge in [0.2, 0.25) is 0 Å². The molecular formula is C14H17N3O3. The van der Waals surface area contributed by atoms with Crippen molar-refractivity contribution in [3.05, 3.63) is 36.0 Å². The molecule has 2 N–H and O–H groups in total. The number of fused-ring (bicyclic) bond motifs is 1. The van der Waals surface area contributed by atoms with Crippen molar-refractivity contribution >= 4 is 17.3 Å². The molecule has 1 saturated heterocycles. The first-order valence-corrected chi connectivity index (χ1v) is 6.54. The minimum atomic E-state index is -0.977. The second-order valence-electron chi connectivity index (χ2n) is 5.12. The molecule has 0 saturated carbocycles. The molecule has 2 aromatic rings. The number of hydrogen-bond acceptors (Lipinski definition) is 4. The van der Waals surface area contributed by atoms with E-state index < -0.39 is 12.2 Å². The molecule has 0 spiro atoms. The smallest absolute Gasteiger partial charge is 0.339 e. The van der Waals surface area contributed by atoms with Gasteiger partial charge in [0.1, 0.15) is 17.6 Å². The predicted molar refractivity (Wildman–Crippen MR) is 75.2 cm³/mol. The van der Waals surface area contributed by atoms with E-state index in [9.17, 15) is 15.0 Å². The number of pyridine rings is 1. The van der Waals surface area contributed by atoms with E-state index in [1.807, 2.05) is 40.7 Å². The van der Waals surface area contributed by atoms with Gasteiger partial charge in [-0.05, 0) is 25.2 Å². The normalized spacial score (nSPS) is 20.5. The summed E-state index contributed by atoms with van der Waals surface area (Å²) < 4.78 is 1.82. The summed E-state index contributed by atoms with van der Waals surface area (Å²) in [6.45, 7) is 1.88. The minimum absolute atomic E-state index is 0.222. The number of nitrogens with zero attached hydrogens (tertiary/aromatic N) is 3.